The van der Waals surface area contributed by atoms with Gasteiger partial charge in [-0.1, -0.05) is 0 Å². The molecule has 0 aromatic carbocycles. The Morgan fingerprint density at radius 1 is 1.57 bits per heavy atom. The summed E-state index contributed by atoms with van der Waals surface area (Å²) >= 11 is 0. The number of rotatable bonds is 5. The van der Waals surface area contributed by atoms with Crippen molar-refractivity contribution in [2.75, 3.05) is 13.1 Å². The molecule has 0 bridgehead atoms. The van der Waals surface area contributed by atoms with Crippen LogP contribution in [0, 0.1) is 5.92 Å². The second-order valence-corrected chi connectivity index (χ2v) is 3.58. The molecule has 0 radical (unpaired) electrons. The fourth-order valence-corrected chi connectivity index (χ4v) is 1.72. The van der Waals surface area contributed by atoms with E-state index in [1.54, 1.807) is 0 Å². The van der Waals surface area contributed by atoms with E-state index in [4.69, 9.17) is 10.8 Å². The molecule has 1 aliphatic heterocycles. The summed E-state index contributed by atoms with van der Waals surface area (Å²) in [5.74, 6) is -1.55. The zero-order chi connectivity index (χ0) is 10.6. The topological polar surface area (TPSA) is 92.4 Å². The van der Waals surface area contributed by atoms with E-state index in [1.165, 1.54) is 0 Å². The number of carbonyl (C=O) groups excluding carboxylic acids is 1. The molecule has 0 aromatic rings. The lowest BCUT2D eigenvalue weighted by atomic mass is 9.94. The Morgan fingerprint density at radius 3 is 2.71 bits per heavy atom. The van der Waals surface area contributed by atoms with Crippen LogP contribution in [0.1, 0.15) is 19.3 Å². The van der Waals surface area contributed by atoms with Crippen LogP contribution in [0.3, 0.4) is 0 Å². The molecule has 5 nitrogen and oxygen atoms in total. The Kier molecular flexibility index (Phi) is 4.03. The standard InChI is InChI=1S/C9H16N2O3/c10-5-6(4-8(12)13)9(14)7-2-1-3-11-7/h6-7,11H,1-5,10H2,(H,12,13)/t6?,7-/m1/s1. The summed E-state index contributed by atoms with van der Waals surface area (Å²) in [4.78, 5) is 22.2. The summed E-state index contributed by atoms with van der Waals surface area (Å²) in [6.07, 6.45) is 1.61. The molecule has 80 valence electrons. The number of Topliss-reactive ketones (excluding diaryl/α,β-unsaturated/α-hetero) is 1. The minimum absolute atomic E-state index is 0.0487. The highest BCUT2D eigenvalue weighted by molar-refractivity contribution is 5.89. The van der Waals surface area contributed by atoms with Crippen molar-refractivity contribution >= 4 is 11.8 Å². The van der Waals surface area contributed by atoms with Gasteiger partial charge in [-0.25, -0.2) is 0 Å². The number of carboxylic acids is 1. The van der Waals surface area contributed by atoms with E-state index in [1.807, 2.05) is 0 Å². The number of carbonyl (C=O) groups is 2. The number of hydrogen-bond acceptors (Lipinski definition) is 4. The third-order valence-corrected chi connectivity index (χ3v) is 2.51. The molecule has 0 spiro atoms. The van der Waals surface area contributed by atoms with Crippen LogP contribution >= 0.6 is 0 Å². The van der Waals surface area contributed by atoms with Crippen LogP contribution in [0.5, 0.6) is 0 Å². The molecule has 0 aliphatic carbocycles. The molecule has 1 unspecified atom stereocenters. The van der Waals surface area contributed by atoms with E-state index in [2.05, 4.69) is 5.32 Å². The van der Waals surface area contributed by atoms with Crippen LogP contribution < -0.4 is 11.1 Å². The Bertz CT molecular complexity index is 224. The van der Waals surface area contributed by atoms with Gasteiger partial charge in [0.25, 0.3) is 0 Å². The average Bonchev–Trinajstić information content (AvgIpc) is 2.65. The lowest BCUT2D eigenvalue weighted by Gasteiger charge is -2.16. The maximum atomic E-state index is 11.7. The molecule has 1 aliphatic rings. The zero-order valence-electron chi connectivity index (χ0n) is 8.03. The maximum absolute atomic E-state index is 11.7. The van der Waals surface area contributed by atoms with Crippen LogP contribution in [0.4, 0.5) is 0 Å². The highest BCUT2D eigenvalue weighted by Crippen LogP contribution is 2.13. The molecule has 0 amide bonds. The van der Waals surface area contributed by atoms with Gasteiger partial charge < -0.3 is 16.2 Å². The second-order valence-electron chi connectivity index (χ2n) is 3.58. The van der Waals surface area contributed by atoms with Gasteiger partial charge >= 0.3 is 5.97 Å². The van der Waals surface area contributed by atoms with Gasteiger partial charge in [0, 0.05) is 12.5 Å². The van der Waals surface area contributed by atoms with E-state index in [0.29, 0.717) is 0 Å². The summed E-state index contributed by atoms with van der Waals surface area (Å²) in [5.41, 5.74) is 5.38. The number of carboxylic acid groups (broad SMARTS) is 1. The van der Waals surface area contributed by atoms with Crippen LogP contribution in [0.25, 0.3) is 0 Å². The minimum Gasteiger partial charge on any atom is -0.481 e. The van der Waals surface area contributed by atoms with Gasteiger partial charge in [0.1, 0.15) is 0 Å². The fourth-order valence-electron chi connectivity index (χ4n) is 1.72. The highest BCUT2D eigenvalue weighted by Gasteiger charge is 2.29. The average molecular weight is 200 g/mol. The highest BCUT2D eigenvalue weighted by atomic mass is 16.4. The van der Waals surface area contributed by atoms with Crippen molar-refractivity contribution in [1.29, 1.82) is 0 Å². The quantitative estimate of drug-likeness (QED) is 0.549. The van der Waals surface area contributed by atoms with E-state index in [0.717, 1.165) is 19.4 Å². The molecule has 1 heterocycles. The normalized spacial score (nSPS) is 23.4. The van der Waals surface area contributed by atoms with Crippen molar-refractivity contribution in [1.82, 2.24) is 5.32 Å². The molecule has 5 heteroatoms. The predicted octanol–water partition coefficient (Wildman–Crippen LogP) is -0.643. The first-order valence-corrected chi connectivity index (χ1v) is 4.84. The van der Waals surface area contributed by atoms with Crippen molar-refractivity contribution in [3.05, 3.63) is 0 Å². The molecule has 0 saturated carbocycles. The van der Waals surface area contributed by atoms with Crippen LogP contribution in [0.2, 0.25) is 0 Å². The van der Waals surface area contributed by atoms with E-state index < -0.39 is 11.9 Å². The van der Waals surface area contributed by atoms with Gasteiger partial charge in [-0.05, 0) is 19.4 Å². The minimum atomic E-state index is -0.966. The molecular formula is C9H16N2O3. The van der Waals surface area contributed by atoms with Gasteiger partial charge in [0.15, 0.2) is 5.78 Å². The maximum Gasteiger partial charge on any atom is 0.304 e. The summed E-state index contributed by atoms with van der Waals surface area (Å²) in [6, 6.07) is -0.178. The zero-order valence-corrected chi connectivity index (χ0v) is 8.03. The monoisotopic (exact) mass is 200 g/mol. The van der Waals surface area contributed by atoms with Crippen LogP contribution in [-0.4, -0.2) is 36.0 Å². The molecule has 4 N–H and O–H groups in total. The summed E-state index contributed by atoms with van der Waals surface area (Å²) in [6.45, 7) is 0.948. The molecular weight excluding hydrogens is 184 g/mol. The Hall–Kier alpha value is -0.940. The number of aliphatic carboxylic acids is 1. The molecule has 1 fully saturated rings. The predicted molar refractivity (Wildman–Crippen MR) is 50.8 cm³/mol. The number of hydrogen-bond donors (Lipinski definition) is 3. The lowest BCUT2D eigenvalue weighted by molar-refractivity contribution is -0.140. The third-order valence-electron chi connectivity index (χ3n) is 2.51. The van der Waals surface area contributed by atoms with Gasteiger partial charge in [0.05, 0.1) is 12.5 Å². The largest absolute Gasteiger partial charge is 0.481 e. The van der Waals surface area contributed by atoms with E-state index >= 15 is 0 Å². The second kappa shape index (κ2) is 5.07. The first kappa shape index (κ1) is 11.1. The van der Waals surface area contributed by atoms with Crippen molar-refractivity contribution < 1.29 is 14.7 Å². The summed E-state index contributed by atoms with van der Waals surface area (Å²) in [7, 11) is 0. The third kappa shape index (κ3) is 2.78. The Morgan fingerprint density at radius 2 is 2.29 bits per heavy atom. The van der Waals surface area contributed by atoms with E-state index in [-0.39, 0.29) is 24.8 Å². The summed E-state index contributed by atoms with van der Waals surface area (Å²) in [5, 5.41) is 11.6. The Balaban J connectivity index is 2.50. The first-order chi connectivity index (χ1) is 6.65. The molecule has 1 rings (SSSR count). The van der Waals surface area contributed by atoms with Gasteiger partial charge in [-0.2, -0.15) is 0 Å². The SMILES string of the molecule is NCC(CC(=O)O)C(=O)[C@H]1CCCN1. The van der Waals surface area contributed by atoms with Crippen molar-refractivity contribution in [3.63, 3.8) is 0 Å². The lowest BCUT2D eigenvalue weighted by Crippen LogP contribution is -2.39. The van der Waals surface area contributed by atoms with Gasteiger partial charge in [-0.15, -0.1) is 0 Å². The van der Waals surface area contributed by atoms with Crippen molar-refractivity contribution in [2.24, 2.45) is 11.7 Å². The fraction of sp³-hybridized carbons (Fsp3) is 0.778. The van der Waals surface area contributed by atoms with Gasteiger partial charge in [0.2, 0.25) is 0 Å². The van der Waals surface area contributed by atoms with Crippen LogP contribution in [0.15, 0.2) is 0 Å². The molecule has 2 atom stereocenters. The van der Waals surface area contributed by atoms with Gasteiger partial charge in [-0.3, -0.25) is 9.59 Å². The number of ketones is 1. The van der Waals surface area contributed by atoms with Crippen molar-refractivity contribution in [3.8, 4) is 0 Å². The molecule has 1 saturated heterocycles. The number of nitrogens with two attached hydrogens (primary N) is 1. The Labute approximate surface area is 82.7 Å². The molecule has 0 aromatic heterocycles. The first-order valence-electron chi connectivity index (χ1n) is 4.84. The number of nitrogens with one attached hydrogen (secondary N) is 1. The molecule has 14 heavy (non-hydrogen) atoms. The van der Waals surface area contributed by atoms with Crippen LogP contribution in [-0.2, 0) is 9.59 Å². The van der Waals surface area contributed by atoms with Crippen molar-refractivity contribution in [2.45, 2.75) is 25.3 Å². The smallest absolute Gasteiger partial charge is 0.304 e. The van der Waals surface area contributed by atoms with E-state index in [9.17, 15) is 9.59 Å². The summed E-state index contributed by atoms with van der Waals surface area (Å²) < 4.78 is 0.